The molecule has 1 aliphatic heterocycles. The molecule has 1 saturated heterocycles. The minimum Gasteiger partial charge on any atom is -0.389 e. The van der Waals surface area contributed by atoms with Gasteiger partial charge in [0.1, 0.15) is 5.82 Å². The number of aliphatic hydroxyl groups excluding tert-OH is 1. The summed E-state index contributed by atoms with van der Waals surface area (Å²) < 4.78 is 0. The number of pyridine rings is 1. The molecule has 3 nitrogen and oxygen atoms in total. The van der Waals surface area contributed by atoms with Gasteiger partial charge in [-0.3, -0.25) is 0 Å². The van der Waals surface area contributed by atoms with Gasteiger partial charge in [0.05, 0.1) is 6.10 Å². The number of hydrogen-bond donors (Lipinski definition) is 1. The van der Waals surface area contributed by atoms with Crippen LogP contribution in [-0.2, 0) is 0 Å². The molecule has 3 heteroatoms. The molecule has 0 radical (unpaired) electrons. The van der Waals surface area contributed by atoms with E-state index in [1.54, 1.807) is 0 Å². The molecule has 18 heavy (non-hydrogen) atoms. The normalized spacial score (nSPS) is 22.6. The molecule has 1 unspecified atom stereocenters. The largest absolute Gasteiger partial charge is 0.389 e. The van der Waals surface area contributed by atoms with Crippen LogP contribution in [0, 0.1) is 5.92 Å². The average molecular weight is 248 g/mol. The standard InChI is InChI=1S/C15H24N2O/c1-3-13-6-5-10-17(11-8-13)15-14(12(2)18)7-4-9-16-15/h4,7,9,12-13,18H,3,5-6,8,10-11H2,1-2H3/t12-,13?/m1/s1. The molecule has 1 aromatic rings. The number of nitrogens with zero attached hydrogens (tertiary/aromatic N) is 2. The van der Waals surface area contributed by atoms with E-state index in [4.69, 9.17) is 0 Å². The number of rotatable bonds is 3. The zero-order valence-electron chi connectivity index (χ0n) is 11.5. The predicted octanol–water partition coefficient (Wildman–Crippen LogP) is 3.15. The fourth-order valence-electron chi connectivity index (χ4n) is 2.79. The number of hydrogen-bond acceptors (Lipinski definition) is 3. The Labute approximate surface area is 110 Å². The van der Waals surface area contributed by atoms with Gasteiger partial charge in [0.25, 0.3) is 0 Å². The zero-order chi connectivity index (χ0) is 13.0. The van der Waals surface area contributed by atoms with Gasteiger partial charge in [0.2, 0.25) is 0 Å². The lowest BCUT2D eigenvalue weighted by Crippen LogP contribution is -2.26. The molecule has 2 atom stereocenters. The van der Waals surface area contributed by atoms with E-state index in [-0.39, 0.29) is 0 Å². The van der Waals surface area contributed by atoms with Gasteiger partial charge in [0.15, 0.2) is 0 Å². The average Bonchev–Trinajstić information content (AvgIpc) is 2.63. The van der Waals surface area contributed by atoms with Gasteiger partial charge in [-0.1, -0.05) is 19.4 Å². The Hall–Kier alpha value is -1.09. The van der Waals surface area contributed by atoms with E-state index >= 15 is 0 Å². The Morgan fingerprint density at radius 1 is 1.44 bits per heavy atom. The highest BCUT2D eigenvalue weighted by atomic mass is 16.3. The van der Waals surface area contributed by atoms with Gasteiger partial charge in [-0.05, 0) is 38.2 Å². The van der Waals surface area contributed by atoms with Crippen LogP contribution in [0.2, 0.25) is 0 Å². The van der Waals surface area contributed by atoms with Gasteiger partial charge in [-0.15, -0.1) is 0 Å². The minimum absolute atomic E-state index is 0.445. The highest BCUT2D eigenvalue weighted by Gasteiger charge is 2.19. The second-order valence-electron chi connectivity index (χ2n) is 5.28. The van der Waals surface area contributed by atoms with Crippen LogP contribution < -0.4 is 4.90 Å². The predicted molar refractivity (Wildman–Crippen MR) is 74.7 cm³/mol. The van der Waals surface area contributed by atoms with Gasteiger partial charge in [0, 0.05) is 24.8 Å². The summed E-state index contributed by atoms with van der Waals surface area (Å²) in [5.74, 6) is 1.83. The molecule has 2 rings (SSSR count). The van der Waals surface area contributed by atoms with Crippen molar-refractivity contribution in [3.8, 4) is 0 Å². The molecule has 0 amide bonds. The fourth-order valence-corrected chi connectivity index (χ4v) is 2.79. The van der Waals surface area contributed by atoms with Crippen LogP contribution in [0.3, 0.4) is 0 Å². The molecule has 1 N–H and O–H groups in total. The Morgan fingerprint density at radius 3 is 3.00 bits per heavy atom. The smallest absolute Gasteiger partial charge is 0.134 e. The second kappa shape index (κ2) is 6.19. The number of aliphatic hydroxyl groups is 1. The van der Waals surface area contributed by atoms with Gasteiger partial charge in [-0.25, -0.2) is 4.98 Å². The number of anilines is 1. The lowest BCUT2D eigenvalue weighted by atomic mass is 9.98. The summed E-state index contributed by atoms with van der Waals surface area (Å²) >= 11 is 0. The molecular formula is C15H24N2O. The zero-order valence-corrected chi connectivity index (χ0v) is 11.5. The van der Waals surface area contributed by atoms with Crippen molar-refractivity contribution < 1.29 is 5.11 Å². The van der Waals surface area contributed by atoms with Crippen LogP contribution in [0.15, 0.2) is 18.3 Å². The van der Waals surface area contributed by atoms with Crippen LogP contribution in [0.1, 0.15) is 51.2 Å². The Kier molecular flexibility index (Phi) is 4.59. The first-order chi connectivity index (χ1) is 8.72. The van der Waals surface area contributed by atoms with E-state index in [1.165, 1.54) is 25.7 Å². The van der Waals surface area contributed by atoms with Crippen LogP contribution in [0.25, 0.3) is 0 Å². The minimum atomic E-state index is -0.445. The monoisotopic (exact) mass is 248 g/mol. The Morgan fingerprint density at radius 2 is 2.28 bits per heavy atom. The quantitative estimate of drug-likeness (QED) is 0.892. The Bertz CT molecular complexity index is 379. The summed E-state index contributed by atoms with van der Waals surface area (Å²) in [4.78, 5) is 6.83. The molecule has 1 fully saturated rings. The van der Waals surface area contributed by atoms with E-state index < -0.39 is 6.10 Å². The molecule has 1 aliphatic rings. The van der Waals surface area contributed by atoms with Crippen molar-refractivity contribution in [3.63, 3.8) is 0 Å². The SMILES string of the molecule is CCC1CCCN(c2ncccc2[C@@H](C)O)CC1. The summed E-state index contributed by atoms with van der Waals surface area (Å²) in [7, 11) is 0. The highest BCUT2D eigenvalue weighted by Crippen LogP contribution is 2.28. The first-order valence-electron chi connectivity index (χ1n) is 7.10. The van der Waals surface area contributed by atoms with Gasteiger partial charge < -0.3 is 10.0 Å². The van der Waals surface area contributed by atoms with Crippen molar-refractivity contribution in [1.29, 1.82) is 0 Å². The second-order valence-corrected chi connectivity index (χ2v) is 5.28. The highest BCUT2D eigenvalue weighted by molar-refractivity contribution is 5.47. The lowest BCUT2D eigenvalue weighted by Gasteiger charge is -2.25. The molecule has 0 aliphatic carbocycles. The lowest BCUT2D eigenvalue weighted by molar-refractivity contribution is 0.199. The molecule has 0 spiro atoms. The first-order valence-corrected chi connectivity index (χ1v) is 7.10. The first kappa shape index (κ1) is 13.3. The van der Waals surface area contributed by atoms with E-state index in [0.717, 1.165) is 30.4 Å². The van der Waals surface area contributed by atoms with Crippen molar-refractivity contribution in [1.82, 2.24) is 4.98 Å². The third-order valence-electron chi connectivity index (χ3n) is 3.99. The van der Waals surface area contributed by atoms with E-state index in [2.05, 4.69) is 16.8 Å². The van der Waals surface area contributed by atoms with Crippen molar-refractivity contribution in [3.05, 3.63) is 23.9 Å². The molecule has 1 aromatic heterocycles. The van der Waals surface area contributed by atoms with E-state index in [9.17, 15) is 5.11 Å². The maximum Gasteiger partial charge on any atom is 0.134 e. The van der Waals surface area contributed by atoms with Crippen molar-refractivity contribution in [2.45, 2.75) is 45.6 Å². The molecule has 100 valence electrons. The molecule has 0 saturated carbocycles. The third kappa shape index (κ3) is 3.02. The summed E-state index contributed by atoms with van der Waals surface area (Å²) in [5, 5.41) is 9.84. The van der Waals surface area contributed by atoms with E-state index in [1.807, 2.05) is 25.3 Å². The molecule has 0 aromatic carbocycles. The summed E-state index contributed by atoms with van der Waals surface area (Å²) in [6.45, 7) is 6.22. The molecular weight excluding hydrogens is 224 g/mol. The summed E-state index contributed by atoms with van der Waals surface area (Å²) in [6.07, 6.45) is 6.45. The maximum absolute atomic E-state index is 9.84. The third-order valence-corrected chi connectivity index (χ3v) is 3.99. The number of aromatic nitrogens is 1. The van der Waals surface area contributed by atoms with Crippen LogP contribution in [-0.4, -0.2) is 23.2 Å². The van der Waals surface area contributed by atoms with Gasteiger partial charge in [-0.2, -0.15) is 0 Å². The van der Waals surface area contributed by atoms with Crippen molar-refractivity contribution in [2.24, 2.45) is 5.92 Å². The fraction of sp³-hybridized carbons (Fsp3) is 0.667. The summed E-state index contributed by atoms with van der Waals surface area (Å²) in [6, 6.07) is 3.88. The summed E-state index contributed by atoms with van der Waals surface area (Å²) in [5.41, 5.74) is 0.951. The van der Waals surface area contributed by atoms with Crippen molar-refractivity contribution in [2.75, 3.05) is 18.0 Å². The molecule has 0 bridgehead atoms. The van der Waals surface area contributed by atoms with Gasteiger partial charge >= 0.3 is 0 Å². The van der Waals surface area contributed by atoms with Crippen LogP contribution in [0.4, 0.5) is 5.82 Å². The maximum atomic E-state index is 9.84. The van der Waals surface area contributed by atoms with Crippen LogP contribution >= 0.6 is 0 Å². The van der Waals surface area contributed by atoms with Crippen LogP contribution in [0.5, 0.6) is 0 Å². The molecule has 2 heterocycles. The topological polar surface area (TPSA) is 36.4 Å². The Balaban J connectivity index is 2.16. The van der Waals surface area contributed by atoms with Crippen molar-refractivity contribution >= 4 is 5.82 Å². The van der Waals surface area contributed by atoms with E-state index in [0.29, 0.717) is 0 Å².